The average Bonchev–Trinajstić information content (AvgIpc) is 2.52. The van der Waals surface area contributed by atoms with Crippen LogP contribution in [0.1, 0.15) is 25.0 Å². The van der Waals surface area contributed by atoms with Gasteiger partial charge in [0.15, 0.2) is 0 Å². The summed E-state index contributed by atoms with van der Waals surface area (Å²) in [6.07, 6.45) is 3.35. The molecule has 116 valence electrons. The topological polar surface area (TPSA) is 54.0 Å². The monoisotopic (exact) mass is 301 g/mol. The largest absolute Gasteiger partial charge is 0.337 e. The molecule has 2 amide bonds. The SMILES string of the molecule is CC(C)(CNC(=O)NCc1ccncc1)c1ccccc1F. The molecule has 0 aliphatic carbocycles. The van der Waals surface area contributed by atoms with Crippen LogP contribution in [0.2, 0.25) is 0 Å². The van der Waals surface area contributed by atoms with Gasteiger partial charge in [0.25, 0.3) is 0 Å². The van der Waals surface area contributed by atoms with Crippen molar-refractivity contribution in [3.05, 3.63) is 65.7 Å². The minimum Gasteiger partial charge on any atom is -0.337 e. The third-order valence-electron chi connectivity index (χ3n) is 3.50. The molecule has 2 N–H and O–H groups in total. The van der Waals surface area contributed by atoms with E-state index in [4.69, 9.17) is 0 Å². The number of carbonyl (C=O) groups excluding carboxylic acids is 1. The summed E-state index contributed by atoms with van der Waals surface area (Å²) >= 11 is 0. The lowest BCUT2D eigenvalue weighted by Crippen LogP contribution is -2.42. The van der Waals surface area contributed by atoms with Gasteiger partial charge in [0.1, 0.15) is 5.82 Å². The van der Waals surface area contributed by atoms with Crippen LogP contribution in [0, 0.1) is 5.82 Å². The molecule has 0 saturated heterocycles. The summed E-state index contributed by atoms with van der Waals surface area (Å²) in [6.45, 7) is 4.56. The number of hydrogen-bond acceptors (Lipinski definition) is 2. The van der Waals surface area contributed by atoms with E-state index in [2.05, 4.69) is 15.6 Å². The zero-order valence-corrected chi connectivity index (χ0v) is 12.8. The van der Waals surface area contributed by atoms with E-state index in [1.54, 1.807) is 30.6 Å². The van der Waals surface area contributed by atoms with E-state index in [1.807, 2.05) is 26.0 Å². The first kappa shape index (κ1) is 15.9. The van der Waals surface area contributed by atoms with E-state index >= 15 is 0 Å². The van der Waals surface area contributed by atoms with Gasteiger partial charge in [-0.05, 0) is 29.3 Å². The third-order valence-corrected chi connectivity index (χ3v) is 3.50. The van der Waals surface area contributed by atoms with Crippen molar-refractivity contribution in [1.82, 2.24) is 15.6 Å². The Labute approximate surface area is 129 Å². The first-order chi connectivity index (χ1) is 10.5. The van der Waals surface area contributed by atoms with Crippen molar-refractivity contribution in [2.24, 2.45) is 0 Å². The maximum atomic E-state index is 13.8. The van der Waals surface area contributed by atoms with Crippen molar-refractivity contribution in [2.75, 3.05) is 6.54 Å². The van der Waals surface area contributed by atoms with Gasteiger partial charge in [-0.25, -0.2) is 9.18 Å². The second-order valence-electron chi connectivity index (χ2n) is 5.76. The highest BCUT2D eigenvalue weighted by atomic mass is 19.1. The van der Waals surface area contributed by atoms with Crippen molar-refractivity contribution < 1.29 is 9.18 Å². The predicted octanol–water partition coefficient (Wildman–Crippen LogP) is 3.00. The summed E-state index contributed by atoms with van der Waals surface area (Å²) in [5.41, 5.74) is 1.07. The van der Waals surface area contributed by atoms with Gasteiger partial charge in [0.2, 0.25) is 0 Å². The maximum Gasteiger partial charge on any atom is 0.315 e. The van der Waals surface area contributed by atoms with Crippen LogP contribution in [-0.4, -0.2) is 17.6 Å². The van der Waals surface area contributed by atoms with Gasteiger partial charge in [-0.15, -0.1) is 0 Å². The van der Waals surface area contributed by atoms with Crippen LogP contribution in [0.5, 0.6) is 0 Å². The minimum atomic E-state index is -0.487. The molecule has 0 radical (unpaired) electrons. The smallest absolute Gasteiger partial charge is 0.315 e. The van der Waals surface area contributed by atoms with Crippen LogP contribution in [-0.2, 0) is 12.0 Å². The number of benzene rings is 1. The first-order valence-electron chi connectivity index (χ1n) is 7.15. The Bertz CT molecular complexity index is 629. The first-order valence-corrected chi connectivity index (χ1v) is 7.15. The Morgan fingerprint density at radius 1 is 1.14 bits per heavy atom. The summed E-state index contributed by atoms with van der Waals surface area (Å²) in [4.78, 5) is 15.8. The molecule has 22 heavy (non-hydrogen) atoms. The lowest BCUT2D eigenvalue weighted by molar-refractivity contribution is 0.238. The number of amides is 2. The number of nitrogens with one attached hydrogen (secondary N) is 2. The second kappa shape index (κ2) is 7.02. The zero-order valence-electron chi connectivity index (χ0n) is 12.8. The molecule has 2 aromatic rings. The molecule has 1 aromatic heterocycles. The van der Waals surface area contributed by atoms with E-state index in [1.165, 1.54) is 6.07 Å². The molecule has 0 fully saturated rings. The number of nitrogens with zero attached hydrogens (tertiary/aromatic N) is 1. The number of halogens is 1. The minimum absolute atomic E-state index is 0.258. The van der Waals surface area contributed by atoms with Crippen LogP contribution in [0.25, 0.3) is 0 Å². The van der Waals surface area contributed by atoms with Gasteiger partial charge >= 0.3 is 6.03 Å². The van der Waals surface area contributed by atoms with Gasteiger partial charge in [-0.3, -0.25) is 4.98 Å². The lowest BCUT2D eigenvalue weighted by atomic mass is 9.84. The highest BCUT2D eigenvalue weighted by Crippen LogP contribution is 2.24. The molecule has 0 aliphatic rings. The highest BCUT2D eigenvalue weighted by molar-refractivity contribution is 5.73. The number of hydrogen-bond donors (Lipinski definition) is 2. The van der Waals surface area contributed by atoms with Crippen LogP contribution in [0.3, 0.4) is 0 Å². The average molecular weight is 301 g/mol. The highest BCUT2D eigenvalue weighted by Gasteiger charge is 2.24. The molecule has 4 nitrogen and oxygen atoms in total. The van der Waals surface area contributed by atoms with Crippen molar-refractivity contribution in [3.63, 3.8) is 0 Å². The molecular weight excluding hydrogens is 281 g/mol. The fraction of sp³-hybridized carbons (Fsp3) is 0.294. The molecule has 0 bridgehead atoms. The lowest BCUT2D eigenvalue weighted by Gasteiger charge is -2.26. The summed E-state index contributed by atoms with van der Waals surface area (Å²) in [6, 6.07) is 10.0. The molecule has 0 spiro atoms. The number of carbonyl (C=O) groups is 1. The van der Waals surface area contributed by atoms with Crippen molar-refractivity contribution in [2.45, 2.75) is 25.8 Å². The number of pyridine rings is 1. The third kappa shape index (κ3) is 4.28. The number of urea groups is 1. The normalized spacial score (nSPS) is 11.0. The van der Waals surface area contributed by atoms with Crippen molar-refractivity contribution >= 4 is 6.03 Å². The van der Waals surface area contributed by atoms with Crippen LogP contribution in [0.4, 0.5) is 9.18 Å². The van der Waals surface area contributed by atoms with Gasteiger partial charge < -0.3 is 10.6 Å². The Balaban J connectivity index is 1.86. The molecule has 1 heterocycles. The molecule has 0 saturated carbocycles. The molecule has 5 heteroatoms. The summed E-state index contributed by atoms with van der Waals surface area (Å²) in [5, 5.41) is 5.55. The van der Waals surface area contributed by atoms with Gasteiger partial charge in [0, 0.05) is 30.9 Å². The Hall–Kier alpha value is -2.43. The van der Waals surface area contributed by atoms with Gasteiger partial charge in [0.05, 0.1) is 0 Å². The van der Waals surface area contributed by atoms with Crippen molar-refractivity contribution in [3.8, 4) is 0 Å². The Morgan fingerprint density at radius 2 is 1.82 bits per heavy atom. The predicted molar refractivity (Wildman–Crippen MR) is 83.9 cm³/mol. The fourth-order valence-corrected chi connectivity index (χ4v) is 2.15. The van der Waals surface area contributed by atoms with Crippen LogP contribution >= 0.6 is 0 Å². The summed E-state index contributed by atoms with van der Waals surface area (Å²) in [5.74, 6) is -0.258. The summed E-state index contributed by atoms with van der Waals surface area (Å²) < 4.78 is 13.8. The van der Waals surface area contributed by atoms with E-state index in [0.717, 1.165) is 5.56 Å². The summed E-state index contributed by atoms with van der Waals surface area (Å²) in [7, 11) is 0. The molecular formula is C17H20FN3O. The quantitative estimate of drug-likeness (QED) is 0.892. The van der Waals surface area contributed by atoms with E-state index < -0.39 is 5.41 Å². The number of rotatable bonds is 5. The maximum absolute atomic E-state index is 13.8. The Morgan fingerprint density at radius 3 is 2.50 bits per heavy atom. The molecule has 1 aromatic carbocycles. The van der Waals surface area contributed by atoms with E-state index in [0.29, 0.717) is 18.7 Å². The molecule has 2 rings (SSSR count). The van der Waals surface area contributed by atoms with E-state index in [9.17, 15) is 9.18 Å². The van der Waals surface area contributed by atoms with Crippen LogP contribution in [0.15, 0.2) is 48.8 Å². The standard InChI is InChI=1S/C17H20FN3O/c1-17(2,14-5-3-4-6-15(14)18)12-21-16(22)20-11-13-7-9-19-10-8-13/h3-10H,11-12H2,1-2H3,(H2,20,21,22). The molecule has 0 atom stereocenters. The van der Waals surface area contributed by atoms with E-state index in [-0.39, 0.29) is 11.8 Å². The van der Waals surface area contributed by atoms with Crippen LogP contribution < -0.4 is 10.6 Å². The molecule has 0 aliphatic heterocycles. The Kier molecular flexibility index (Phi) is 5.09. The number of aromatic nitrogens is 1. The van der Waals surface area contributed by atoms with Gasteiger partial charge in [-0.2, -0.15) is 0 Å². The second-order valence-corrected chi connectivity index (χ2v) is 5.76. The van der Waals surface area contributed by atoms with Gasteiger partial charge in [-0.1, -0.05) is 32.0 Å². The van der Waals surface area contributed by atoms with Crippen molar-refractivity contribution in [1.29, 1.82) is 0 Å². The zero-order chi connectivity index (χ0) is 16.0. The fourth-order valence-electron chi connectivity index (χ4n) is 2.15. The molecule has 0 unspecified atom stereocenters.